The molecule has 0 aliphatic heterocycles. The molecule has 0 saturated heterocycles. The third-order valence-corrected chi connectivity index (χ3v) is 3.80. The van der Waals surface area contributed by atoms with E-state index in [1.165, 1.54) is 0 Å². The van der Waals surface area contributed by atoms with Crippen molar-refractivity contribution < 1.29 is 0 Å². The standard InChI is InChI=1S/C13H13ClN4S/c14-5-3-12-17-11-2-1-6-15-13(11)18(12)7-4-10-8-19-9-16-10/h1-2,6,8-9H,3-5,7H2. The summed E-state index contributed by atoms with van der Waals surface area (Å²) in [7, 11) is 0. The van der Waals surface area contributed by atoms with E-state index in [0.717, 1.165) is 42.1 Å². The molecule has 0 fully saturated rings. The normalized spacial score (nSPS) is 11.2. The van der Waals surface area contributed by atoms with Gasteiger partial charge in [0.15, 0.2) is 5.65 Å². The third-order valence-electron chi connectivity index (χ3n) is 2.98. The highest BCUT2D eigenvalue weighted by molar-refractivity contribution is 7.07. The molecule has 0 saturated carbocycles. The highest BCUT2D eigenvalue weighted by Crippen LogP contribution is 2.15. The maximum absolute atomic E-state index is 5.85. The molecule has 0 aliphatic carbocycles. The molecule has 0 aliphatic rings. The fraction of sp³-hybridized carbons (Fsp3) is 0.308. The Kier molecular flexibility index (Phi) is 3.75. The predicted molar refractivity (Wildman–Crippen MR) is 77.8 cm³/mol. The number of pyridine rings is 1. The molecule has 0 amide bonds. The average Bonchev–Trinajstić information content (AvgIpc) is 3.04. The highest BCUT2D eigenvalue weighted by atomic mass is 35.5. The van der Waals surface area contributed by atoms with Crippen molar-refractivity contribution in [2.75, 3.05) is 5.88 Å². The van der Waals surface area contributed by atoms with Gasteiger partial charge in [-0.05, 0) is 12.1 Å². The number of nitrogens with zero attached hydrogens (tertiary/aromatic N) is 4. The van der Waals surface area contributed by atoms with Crippen LogP contribution in [0.4, 0.5) is 0 Å². The number of imidazole rings is 1. The number of alkyl halides is 1. The zero-order chi connectivity index (χ0) is 13.1. The van der Waals surface area contributed by atoms with Crippen molar-refractivity contribution >= 4 is 34.1 Å². The van der Waals surface area contributed by atoms with Gasteiger partial charge in [0.1, 0.15) is 11.3 Å². The van der Waals surface area contributed by atoms with Crippen LogP contribution in [0.5, 0.6) is 0 Å². The summed E-state index contributed by atoms with van der Waals surface area (Å²) in [6, 6.07) is 3.89. The second-order valence-corrected chi connectivity index (χ2v) is 5.29. The zero-order valence-corrected chi connectivity index (χ0v) is 11.9. The average molecular weight is 293 g/mol. The topological polar surface area (TPSA) is 43.6 Å². The van der Waals surface area contributed by atoms with Gasteiger partial charge < -0.3 is 4.57 Å². The fourth-order valence-electron chi connectivity index (χ4n) is 2.10. The maximum atomic E-state index is 5.85. The lowest BCUT2D eigenvalue weighted by Gasteiger charge is -2.06. The number of hydrogen-bond donors (Lipinski definition) is 0. The Morgan fingerprint density at radius 1 is 1.26 bits per heavy atom. The van der Waals surface area contributed by atoms with Gasteiger partial charge in [-0.2, -0.15) is 0 Å². The first kappa shape index (κ1) is 12.6. The first-order valence-electron chi connectivity index (χ1n) is 6.11. The number of halogens is 1. The van der Waals surface area contributed by atoms with E-state index in [1.807, 2.05) is 17.6 Å². The molecule has 3 aromatic heterocycles. The quantitative estimate of drug-likeness (QED) is 0.679. The van der Waals surface area contributed by atoms with Crippen LogP contribution in [0.15, 0.2) is 29.2 Å². The molecule has 98 valence electrons. The molecule has 0 radical (unpaired) electrons. The molecule has 3 heterocycles. The van der Waals surface area contributed by atoms with E-state index in [2.05, 4.69) is 24.9 Å². The molecular formula is C13H13ClN4S. The van der Waals surface area contributed by atoms with Crippen LogP contribution in [0.3, 0.4) is 0 Å². The Bertz CT molecular complexity index is 662. The van der Waals surface area contributed by atoms with E-state index in [4.69, 9.17) is 11.6 Å². The van der Waals surface area contributed by atoms with Crippen LogP contribution in [-0.2, 0) is 19.4 Å². The summed E-state index contributed by atoms with van der Waals surface area (Å²) in [6.07, 6.45) is 3.45. The molecule has 0 aromatic carbocycles. The summed E-state index contributed by atoms with van der Waals surface area (Å²) >= 11 is 7.47. The lowest BCUT2D eigenvalue weighted by atomic mass is 10.3. The summed E-state index contributed by atoms with van der Waals surface area (Å²) in [5.74, 6) is 1.57. The van der Waals surface area contributed by atoms with Gasteiger partial charge in [0.2, 0.25) is 0 Å². The highest BCUT2D eigenvalue weighted by Gasteiger charge is 2.11. The van der Waals surface area contributed by atoms with Crippen molar-refractivity contribution in [3.63, 3.8) is 0 Å². The molecule has 0 atom stereocenters. The van der Waals surface area contributed by atoms with E-state index in [9.17, 15) is 0 Å². The van der Waals surface area contributed by atoms with Crippen molar-refractivity contribution in [2.24, 2.45) is 0 Å². The molecule has 3 rings (SSSR count). The number of hydrogen-bond acceptors (Lipinski definition) is 4. The number of thiazole rings is 1. The first-order valence-corrected chi connectivity index (χ1v) is 7.59. The Morgan fingerprint density at radius 2 is 2.21 bits per heavy atom. The van der Waals surface area contributed by atoms with Gasteiger partial charge in [-0.25, -0.2) is 15.0 Å². The van der Waals surface area contributed by atoms with E-state index in [1.54, 1.807) is 17.5 Å². The summed E-state index contributed by atoms with van der Waals surface area (Å²) in [5, 5.41) is 2.08. The monoisotopic (exact) mass is 292 g/mol. The van der Waals surface area contributed by atoms with E-state index in [0.29, 0.717) is 5.88 Å². The van der Waals surface area contributed by atoms with Crippen LogP contribution >= 0.6 is 22.9 Å². The molecule has 0 N–H and O–H groups in total. The van der Waals surface area contributed by atoms with Gasteiger partial charge in [0.25, 0.3) is 0 Å². The van der Waals surface area contributed by atoms with Gasteiger partial charge in [-0.3, -0.25) is 0 Å². The summed E-state index contributed by atoms with van der Waals surface area (Å²) in [5.41, 5.74) is 4.83. The van der Waals surface area contributed by atoms with Gasteiger partial charge in [-0.1, -0.05) is 0 Å². The largest absolute Gasteiger partial charge is 0.312 e. The number of aromatic nitrogens is 4. The second-order valence-electron chi connectivity index (χ2n) is 4.19. The molecular weight excluding hydrogens is 280 g/mol. The Labute approximate surface area is 120 Å². The van der Waals surface area contributed by atoms with Crippen LogP contribution < -0.4 is 0 Å². The maximum Gasteiger partial charge on any atom is 0.159 e. The minimum absolute atomic E-state index is 0.569. The molecule has 3 aromatic rings. The van der Waals surface area contributed by atoms with Crippen molar-refractivity contribution in [1.29, 1.82) is 0 Å². The molecule has 0 unspecified atom stereocenters. The van der Waals surface area contributed by atoms with E-state index >= 15 is 0 Å². The van der Waals surface area contributed by atoms with Gasteiger partial charge in [0.05, 0.1) is 11.2 Å². The van der Waals surface area contributed by atoms with Gasteiger partial charge in [-0.15, -0.1) is 22.9 Å². The summed E-state index contributed by atoms with van der Waals surface area (Å²) in [6.45, 7) is 0.837. The van der Waals surface area contributed by atoms with Gasteiger partial charge >= 0.3 is 0 Å². The Morgan fingerprint density at radius 3 is 3.00 bits per heavy atom. The lowest BCUT2D eigenvalue weighted by Crippen LogP contribution is -2.07. The molecule has 0 spiro atoms. The summed E-state index contributed by atoms with van der Waals surface area (Å²) < 4.78 is 2.15. The van der Waals surface area contributed by atoms with Crippen LogP contribution in [0, 0.1) is 0 Å². The van der Waals surface area contributed by atoms with Crippen molar-refractivity contribution in [2.45, 2.75) is 19.4 Å². The van der Waals surface area contributed by atoms with Crippen LogP contribution in [0.25, 0.3) is 11.2 Å². The van der Waals surface area contributed by atoms with Crippen molar-refractivity contribution in [1.82, 2.24) is 19.5 Å². The second kappa shape index (κ2) is 5.67. The fourth-order valence-corrected chi connectivity index (χ4v) is 2.86. The zero-order valence-electron chi connectivity index (χ0n) is 10.3. The van der Waals surface area contributed by atoms with Crippen LogP contribution in [0.2, 0.25) is 0 Å². The molecule has 6 heteroatoms. The van der Waals surface area contributed by atoms with Gasteiger partial charge in [0, 0.05) is 36.8 Å². The minimum atomic E-state index is 0.569. The number of aryl methyl sites for hydroxylation is 3. The molecule has 0 bridgehead atoms. The van der Waals surface area contributed by atoms with Crippen LogP contribution in [0.1, 0.15) is 11.5 Å². The summed E-state index contributed by atoms with van der Waals surface area (Å²) in [4.78, 5) is 13.3. The Balaban J connectivity index is 1.92. The first-order chi connectivity index (χ1) is 9.38. The smallest absolute Gasteiger partial charge is 0.159 e. The SMILES string of the molecule is ClCCc1nc2cccnc2n1CCc1cscn1. The van der Waals surface area contributed by atoms with E-state index in [-0.39, 0.29) is 0 Å². The number of fused-ring (bicyclic) bond motifs is 1. The van der Waals surface area contributed by atoms with Crippen molar-refractivity contribution in [3.8, 4) is 0 Å². The van der Waals surface area contributed by atoms with Crippen LogP contribution in [-0.4, -0.2) is 25.4 Å². The molecule has 19 heavy (non-hydrogen) atoms. The predicted octanol–water partition coefficient (Wildman–Crippen LogP) is 2.91. The third kappa shape index (κ3) is 2.62. The minimum Gasteiger partial charge on any atom is -0.312 e. The molecule has 4 nitrogen and oxygen atoms in total. The van der Waals surface area contributed by atoms with E-state index < -0.39 is 0 Å². The lowest BCUT2D eigenvalue weighted by molar-refractivity contribution is 0.663. The Hall–Kier alpha value is -1.46. The van der Waals surface area contributed by atoms with Crippen molar-refractivity contribution in [3.05, 3.63) is 40.7 Å². The number of rotatable bonds is 5.